The Morgan fingerprint density at radius 2 is 2.16 bits per heavy atom. The minimum absolute atomic E-state index is 0.0937. The van der Waals surface area contributed by atoms with Gasteiger partial charge in [-0.3, -0.25) is 4.79 Å². The van der Waals surface area contributed by atoms with Crippen LogP contribution in [0, 0.1) is 23.2 Å². The highest BCUT2D eigenvalue weighted by molar-refractivity contribution is 5.94. The van der Waals surface area contributed by atoms with Crippen molar-refractivity contribution in [3.63, 3.8) is 0 Å². The minimum Gasteiger partial charge on any atom is -0.380 e. The van der Waals surface area contributed by atoms with Crippen molar-refractivity contribution in [2.45, 2.75) is 25.4 Å². The van der Waals surface area contributed by atoms with E-state index < -0.39 is 11.7 Å². The number of hydrogen-bond donors (Lipinski definition) is 1. The Balaban J connectivity index is 2.05. The number of carbonyl (C=O) groups excluding carboxylic acids is 1. The quantitative estimate of drug-likeness (QED) is 0.839. The van der Waals surface area contributed by atoms with E-state index in [0.29, 0.717) is 25.2 Å². The first kappa shape index (κ1) is 17.5. The first-order valence-electron chi connectivity index (χ1n) is 8.50. The van der Waals surface area contributed by atoms with E-state index in [1.54, 1.807) is 18.1 Å². The monoisotopic (exact) mass is 346 g/mol. The van der Waals surface area contributed by atoms with Crippen LogP contribution in [0.4, 0.5) is 10.1 Å². The van der Waals surface area contributed by atoms with Crippen molar-refractivity contribution in [3.8, 4) is 6.19 Å². The van der Waals surface area contributed by atoms with E-state index in [-0.39, 0.29) is 23.5 Å². The van der Waals surface area contributed by atoms with Gasteiger partial charge in [0.15, 0.2) is 6.19 Å². The van der Waals surface area contributed by atoms with Crippen molar-refractivity contribution >= 4 is 11.6 Å². The number of anilines is 1. The number of nitriles is 1. The van der Waals surface area contributed by atoms with Crippen molar-refractivity contribution in [2.24, 2.45) is 11.7 Å². The second-order valence-electron chi connectivity index (χ2n) is 6.91. The number of amides is 1. The molecule has 2 N–H and O–H groups in total. The number of hydrogen-bond acceptors (Lipinski definition) is 5. The van der Waals surface area contributed by atoms with Crippen molar-refractivity contribution in [3.05, 3.63) is 29.1 Å². The molecule has 2 aliphatic rings. The highest BCUT2D eigenvalue weighted by atomic mass is 19.1. The molecule has 134 valence electrons. The van der Waals surface area contributed by atoms with Crippen molar-refractivity contribution in [2.75, 3.05) is 38.2 Å². The molecule has 0 saturated carbocycles. The van der Waals surface area contributed by atoms with Crippen LogP contribution in [0.5, 0.6) is 0 Å². The zero-order chi connectivity index (χ0) is 18.1. The van der Waals surface area contributed by atoms with Gasteiger partial charge >= 0.3 is 0 Å². The summed E-state index contributed by atoms with van der Waals surface area (Å²) in [6, 6.07) is 3.23. The fourth-order valence-corrected chi connectivity index (χ4v) is 3.97. The summed E-state index contributed by atoms with van der Waals surface area (Å²) in [6.45, 7) is 4.49. The van der Waals surface area contributed by atoms with Crippen LogP contribution < -0.4 is 10.6 Å². The Hall–Kier alpha value is -2.33. The largest absolute Gasteiger partial charge is 0.380 e. The molecule has 0 radical (unpaired) electrons. The number of primary amides is 1. The molecule has 2 fully saturated rings. The number of rotatable bonds is 4. The van der Waals surface area contributed by atoms with Crippen LogP contribution in [0.2, 0.25) is 0 Å². The molecule has 1 amide bonds. The lowest BCUT2D eigenvalue weighted by Gasteiger charge is -2.27. The average molecular weight is 346 g/mol. The lowest BCUT2D eigenvalue weighted by atomic mass is 9.87. The number of ether oxygens (including phenoxy) is 1. The minimum atomic E-state index is -0.774. The Morgan fingerprint density at radius 1 is 1.40 bits per heavy atom. The molecule has 0 bridgehead atoms. The molecule has 2 saturated heterocycles. The van der Waals surface area contributed by atoms with Crippen molar-refractivity contribution in [1.82, 2.24) is 4.90 Å². The lowest BCUT2D eigenvalue weighted by molar-refractivity contribution is 0.0996. The third kappa shape index (κ3) is 3.14. The third-order valence-corrected chi connectivity index (χ3v) is 5.37. The standard InChI is InChI=1S/C18H23FN4O2/c1-11-7-22(10-20)9-14(11)16-15(23-6-5-12(8-23)25-2)4-3-13(17(16)19)18(21)24/h3-4,11-12,14H,5-9H2,1-2H3,(H2,21,24)/t11-,12-,14-/m1/s1. The van der Waals surface area contributed by atoms with Gasteiger partial charge in [0, 0.05) is 50.5 Å². The third-order valence-electron chi connectivity index (χ3n) is 5.37. The summed E-state index contributed by atoms with van der Waals surface area (Å²) >= 11 is 0. The molecule has 3 rings (SSSR count). The summed E-state index contributed by atoms with van der Waals surface area (Å²) in [7, 11) is 1.68. The summed E-state index contributed by atoms with van der Waals surface area (Å²) < 4.78 is 20.6. The molecule has 2 aliphatic heterocycles. The van der Waals surface area contributed by atoms with Gasteiger partial charge in [0.2, 0.25) is 0 Å². The molecule has 6 nitrogen and oxygen atoms in total. The maximum atomic E-state index is 15.2. The molecule has 0 aliphatic carbocycles. The van der Waals surface area contributed by atoms with Gasteiger partial charge in [-0.05, 0) is 24.5 Å². The molecular weight excluding hydrogens is 323 g/mol. The van der Waals surface area contributed by atoms with Crippen LogP contribution >= 0.6 is 0 Å². The van der Waals surface area contributed by atoms with Crippen LogP contribution in [-0.2, 0) is 4.74 Å². The van der Waals surface area contributed by atoms with Crippen LogP contribution in [0.15, 0.2) is 12.1 Å². The molecular formula is C18H23FN4O2. The van der Waals surface area contributed by atoms with Gasteiger partial charge in [-0.25, -0.2) is 4.39 Å². The van der Waals surface area contributed by atoms with Gasteiger partial charge < -0.3 is 20.3 Å². The molecule has 0 spiro atoms. The summed E-state index contributed by atoms with van der Waals surface area (Å²) in [5, 5.41) is 9.19. The van der Waals surface area contributed by atoms with E-state index in [1.807, 2.05) is 6.92 Å². The lowest BCUT2D eigenvalue weighted by Crippen LogP contribution is -2.26. The molecule has 0 unspecified atom stereocenters. The molecule has 2 heterocycles. The summed E-state index contributed by atoms with van der Waals surface area (Å²) in [4.78, 5) is 15.3. The predicted molar refractivity (Wildman–Crippen MR) is 91.6 cm³/mol. The number of methoxy groups -OCH3 is 1. The number of halogens is 1. The fourth-order valence-electron chi connectivity index (χ4n) is 3.97. The van der Waals surface area contributed by atoms with Crippen molar-refractivity contribution < 1.29 is 13.9 Å². The van der Waals surface area contributed by atoms with E-state index in [0.717, 1.165) is 18.7 Å². The second-order valence-corrected chi connectivity index (χ2v) is 6.91. The smallest absolute Gasteiger partial charge is 0.251 e. The van der Waals surface area contributed by atoms with E-state index in [2.05, 4.69) is 11.1 Å². The predicted octanol–water partition coefficient (Wildman–Crippen LogP) is 1.67. The fraction of sp³-hybridized carbons (Fsp3) is 0.556. The summed E-state index contributed by atoms with van der Waals surface area (Å²) in [6.07, 6.45) is 3.13. The van der Waals surface area contributed by atoms with Crippen LogP contribution in [-0.4, -0.2) is 50.2 Å². The number of nitrogens with zero attached hydrogens (tertiary/aromatic N) is 3. The maximum absolute atomic E-state index is 15.2. The van der Waals surface area contributed by atoms with Gasteiger partial charge in [-0.2, -0.15) is 5.26 Å². The molecule has 3 atom stereocenters. The molecule has 0 aromatic heterocycles. The molecule has 7 heteroatoms. The van der Waals surface area contributed by atoms with Gasteiger partial charge in [0.1, 0.15) is 5.82 Å². The number of nitrogens with two attached hydrogens (primary N) is 1. The Labute approximate surface area is 146 Å². The summed E-state index contributed by atoms with van der Waals surface area (Å²) in [5.41, 5.74) is 6.52. The van der Waals surface area contributed by atoms with E-state index in [4.69, 9.17) is 10.5 Å². The zero-order valence-electron chi connectivity index (χ0n) is 14.5. The van der Waals surface area contributed by atoms with Gasteiger partial charge in [-0.15, -0.1) is 0 Å². The Morgan fingerprint density at radius 3 is 2.72 bits per heavy atom. The Kier molecular flexibility index (Phi) is 4.82. The van der Waals surface area contributed by atoms with E-state index in [1.165, 1.54) is 6.07 Å². The Bertz CT molecular complexity index is 718. The highest BCUT2D eigenvalue weighted by Crippen LogP contribution is 2.41. The van der Waals surface area contributed by atoms with Gasteiger partial charge in [0.25, 0.3) is 5.91 Å². The van der Waals surface area contributed by atoms with Crippen molar-refractivity contribution in [1.29, 1.82) is 5.26 Å². The topological polar surface area (TPSA) is 82.6 Å². The first-order valence-corrected chi connectivity index (χ1v) is 8.50. The molecule has 1 aromatic carbocycles. The SMILES string of the molecule is CO[C@@H]1CCN(c2ccc(C(N)=O)c(F)c2[C@@H]2CN(C#N)C[C@H]2C)C1. The number of carbonyl (C=O) groups is 1. The normalized spacial score (nSPS) is 26.1. The van der Waals surface area contributed by atoms with Crippen LogP contribution in [0.1, 0.15) is 35.2 Å². The van der Waals surface area contributed by atoms with Crippen LogP contribution in [0.25, 0.3) is 0 Å². The zero-order valence-corrected chi connectivity index (χ0v) is 14.5. The highest BCUT2D eigenvalue weighted by Gasteiger charge is 2.37. The maximum Gasteiger partial charge on any atom is 0.251 e. The summed E-state index contributed by atoms with van der Waals surface area (Å²) in [5.74, 6) is -1.38. The number of benzene rings is 1. The van der Waals surface area contributed by atoms with Gasteiger partial charge in [-0.1, -0.05) is 6.92 Å². The van der Waals surface area contributed by atoms with Gasteiger partial charge in [0.05, 0.1) is 11.7 Å². The number of likely N-dealkylation sites (tertiary alicyclic amines) is 1. The average Bonchev–Trinajstić information content (AvgIpc) is 3.20. The molecule has 25 heavy (non-hydrogen) atoms. The second kappa shape index (κ2) is 6.89. The van der Waals surface area contributed by atoms with Crippen LogP contribution in [0.3, 0.4) is 0 Å². The van der Waals surface area contributed by atoms with E-state index >= 15 is 4.39 Å². The molecule has 1 aromatic rings. The van der Waals surface area contributed by atoms with E-state index in [9.17, 15) is 10.1 Å². The first-order chi connectivity index (χ1) is 12.0.